The van der Waals surface area contributed by atoms with Gasteiger partial charge < -0.3 is 4.90 Å². The fourth-order valence-corrected chi connectivity index (χ4v) is 2.40. The lowest BCUT2D eigenvalue weighted by atomic mass is 9.89. The Morgan fingerprint density at radius 1 is 1.44 bits per heavy atom. The first-order valence-corrected chi connectivity index (χ1v) is 6.01. The average Bonchev–Trinajstić information content (AvgIpc) is 2.83. The summed E-state index contributed by atoms with van der Waals surface area (Å²) in [6.07, 6.45) is 11.4. The Morgan fingerprint density at radius 2 is 2.19 bits per heavy atom. The van der Waals surface area contributed by atoms with E-state index in [0.29, 0.717) is 5.92 Å². The fraction of sp³-hybridized carbons (Fsp3) is 0.667. The molecule has 0 radical (unpaired) electrons. The van der Waals surface area contributed by atoms with Crippen LogP contribution >= 0.6 is 0 Å². The zero-order chi connectivity index (χ0) is 11.4. The van der Waals surface area contributed by atoms with Gasteiger partial charge in [0.05, 0.1) is 0 Å². The minimum Gasteiger partial charge on any atom is -0.327 e. The second kappa shape index (κ2) is 5.14. The smallest absolute Gasteiger partial charge is 0.327 e. The molecule has 0 atom stereocenters. The van der Waals surface area contributed by atoms with Crippen LogP contribution in [-0.4, -0.2) is 34.1 Å². The van der Waals surface area contributed by atoms with Crippen molar-refractivity contribution in [3.63, 3.8) is 0 Å². The van der Waals surface area contributed by atoms with E-state index >= 15 is 0 Å². The van der Waals surface area contributed by atoms with Gasteiger partial charge in [-0.3, -0.25) is 4.57 Å². The van der Waals surface area contributed by atoms with Crippen molar-refractivity contribution >= 4 is 6.03 Å². The molecular weight excluding hydrogens is 202 g/mol. The van der Waals surface area contributed by atoms with E-state index < -0.39 is 0 Å². The van der Waals surface area contributed by atoms with Crippen molar-refractivity contribution < 1.29 is 4.79 Å². The summed E-state index contributed by atoms with van der Waals surface area (Å²) in [5.41, 5.74) is 0. The minimum absolute atomic E-state index is 0.0167. The molecule has 16 heavy (non-hydrogen) atoms. The third-order valence-electron chi connectivity index (χ3n) is 3.31. The molecule has 1 aliphatic carbocycles. The predicted molar refractivity (Wildman–Crippen MR) is 62.2 cm³/mol. The van der Waals surface area contributed by atoms with Crippen molar-refractivity contribution in [1.29, 1.82) is 0 Å². The summed E-state index contributed by atoms with van der Waals surface area (Å²) in [4.78, 5) is 17.6. The fourth-order valence-electron chi connectivity index (χ4n) is 2.40. The van der Waals surface area contributed by atoms with E-state index in [1.54, 1.807) is 23.6 Å². The van der Waals surface area contributed by atoms with Gasteiger partial charge in [-0.05, 0) is 18.8 Å². The van der Waals surface area contributed by atoms with Gasteiger partial charge in [0.25, 0.3) is 0 Å². The van der Waals surface area contributed by atoms with E-state index in [-0.39, 0.29) is 6.03 Å². The molecule has 0 unspecified atom stereocenters. The molecule has 4 heteroatoms. The van der Waals surface area contributed by atoms with Crippen LogP contribution in [0.5, 0.6) is 0 Å². The Labute approximate surface area is 96.3 Å². The number of aromatic nitrogens is 2. The second-order valence-corrected chi connectivity index (χ2v) is 4.64. The molecule has 1 aliphatic rings. The summed E-state index contributed by atoms with van der Waals surface area (Å²) in [7, 11) is 1.87. The van der Waals surface area contributed by atoms with E-state index in [9.17, 15) is 4.79 Å². The highest BCUT2D eigenvalue weighted by molar-refractivity contribution is 5.76. The molecule has 1 fully saturated rings. The molecule has 0 aliphatic heterocycles. The van der Waals surface area contributed by atoms with Crippen LogP contribution in [0.25, 0.3) is 0 Å². The van der Waals surface area contributed by atoms with E-state index in [2.05, 4.69) is 4.98 Å². The maximum absolute atomic E-state index is 11.9. The van der Waals surface area contributed by atoms with Crippen LogP contribution in [0.3, 0.4) is 0 Å². The van der Waals surface area contributed by atoms with Crippen molar-refractivity contribution in [3.8, 4) is 0 Å². The van der Waals surface area contributed by atoms with Gasteiger partial charge in [0.15, 0.2) is 0 Å². The topological polar surface area (TPSA) is 38.1 Å². The molecule has 0 spiro atoms. The monoisotopic (exact) mass is 221 g/mol. The largest absolute Gasteiger partial charge is 0.329 e. The lowest BCUT2D eigenvalue weighted by Gasteiger charge is -2.26. The van der Waals surface area contributed by atoms with Crippen LogP contribution in [0.4, 0.5) is 4.79 Å². The first kappa shape index (κ1) is 11.2. The number of amides is 1. The van der Waals surface area contributed by atoms with Gasteiger partial charge in [-0.2, -0.15) is 0 Å². The number of imidazole rings is 1. The lowest BCUT2D eigenvalue weighted by Crippen LogP contribution is -2.35. The zero-order valence-electron chi connectivity index (χ0n) is 9.80. The lowest BCUT2D eigenvalue weighted by molar-refractivity contribution is 0.193. The molecule has 1 heterocycles. The van der Waals surface area contributed by atoms with Crippen molar-refractivity contribution in [2.75, 3.05) is 13.6 Å². The van der Waals surface area contributed by atoms with Crippen LogP contribution < -0.4 is 0 Å². The number of hydrogen-bond donors (Lipinski definition) is 0. The summed E-state index contributed by atoms with van der Waals surface area (Å²) < 4.78 is 1.53. The molecule has 1 saturated carbocycles. The summed E-state index contributed by atoms with van der Waals surface area (Å²) in [5.74, 6) is 0.686. The first-order valence-electron chi connectivity index (χ1n) is 6.01. The summed E-state index contributed by atoms with van der Waals surface area (Å²) in [5, 5.41) is 0. The van der Waals surface area contributed by atoms with E-state index in [1.807, 2.05) is 7.05 Å². The third-order valence-corrected chi connectivity index (χ3v) is 3.31. The highest BCUT2D eigenvalue weighted by Crippen LogP contribution is 2.24. The SMILES string of the molecule is CN(CC1CCCCC1)C(=O)n1ccnc1. The van der Waals surface area contributed by atoms with E-state index in [4.69, 9.17) is 0 Å². The van der Waals surface area contributed by atoms with Gasteiger partial charge in [-0.15, -0.1) is 0 Å². The predicted octanol–water partition coefficient (Wildman–Crippen LogP) is 2.36. The highest BCUT2D eigenvalue weighted by Gasteiger charge is 2.18. The van der Waals surface area contributed by atoms with Crippen LogP contribution in [0, 0.1) is 5.92 Å². The Kier molecular flexibility index (Phi) is 3.59. The summed E-state index contributed by atoms with van der Waals surface area (Å²) in [6, 6.07) is 0.0167. The standard InChI is InChI=1S/C12H19N3O/c1-14(9-11-5-3-2-4-6-11)12(16)15-8-7-13-10-15/h7-8,10-11H,2-6,9H2,1H3. The van der Waals surface area contributed by atoms with Gasteiger partial charge in [-0.1, -0.05) is 19.3 Å². The average molecular weight is 221 g/mol. The number of hydrogen-bond acceptors (Lipinski definition) is 2. The quantitative estimate of drug-likeness (QED) is 0.769. The highest BCUT2D eigenvalue weighted by atomic mass is 16.2. The molecular formula is C12H19N3O. The van der Waals surface area contributed by atoms with E-state index in [0.717, 1.165) is 6.54 Å². The van der Waals surface area contributed by atoms with Crippen molar-refractivity contribution in [2.24, 2.45) is 5.92 Å². The van der Waals surface area contributed by atoms with Crippen molar-refractivity contribution in [3.05, 3.63) is 18.7 Å². The Balaban J connectivity index is 1.87. The maximum Gasteiger partial charge on any atom is 0.329 e. The maximum atomic E-state index is 11.9. The molecule has 1 aromatic heterocycles. The Morgan fingerprint density at radius 3 is 2.81 bits per heavy atom. The van der Waals surface area contributed by atoms with Crippen LogP contribution in [-0.2, 0) is 0 Å². The molecule has 2 rings (SSSR count). The van der Waals surface area contributed by atoms with Gasteiger partial charge in [0.2, 0.25) is 0 Å². The summed E-state index contributed by atoms with van der Waals surface area (Å²) in [6.45, 7) is 0.872. The van der Waals surface area contributed by atoms with Crippen molar-refractivity contribution in [1.82, 2.24) is 14.5 Å². The normalized spacial score (nSPS) is 17.3. The van der Waals surface area contributed by atoms with Crippen molar-refractivity contribution in [2.45, 2.75) is 32.1 Å². The first-order chi connectivity index (χ1) is 7.77. The third kappa shape index (κ3) is 2.62. The molecule has 0 N–H and O–H groups in total. The van der Waals surface area contributed by atoms with Gasteiger partial charge in [0.1, 0.15) is 6.33 Å². The number of nitrogens with zero attached hydrogens (tertiary/aromatic N) is 3. The summed E-state index contributed by atoms with van der Waals surface area (Å²) >= 11 is 0. The molecule has 0 saturated heterocycles. The molecule has 1 aromatic rings. The second-order valence-electron chi connectivity index (χ2n) is 4.64. The molecule has 1 amide bonds. The van der Waals surface area contributed by atoms with E-state index in [1.165, 1.54) is 36.7 Å². The minimum atomic E-state index is 0.0167. The molecule has 0 aromatic carbocycles. The number of rotatable bonds is 2. The van der Waals surface area contributed by atoms with Gasteiger partial charge in [0, 0.05) is 26.0 Å². The van der Waals surface area contributed by atoms with Gasteiger partial charge in [-0.25, -0.2) is 9.78 Å². The van der Waals surface area contributed by atoms with Crippen LogP contribution in [0.15, 0.2) is 18.7 Å². The Bertz CT molecular complexity index is 328. The number of carbonyl (C=O) groups is 1. The van der Waals surface area contributed by atoms with Gasteiger partial charge >= 0.3 is 6.03 Å². The zero-order valence-corrected chi connectivity index (χ0v) is 9.80. The van der Waals surface area contributed by atoms with Crippen LogP contribution in [0.2, 0.25) is 0 Å². The molecule has 88 valence electrons. The molecule has 4 nitrogen and oxygen atoms in total. The van der Waals surface area contributed by atoms with Crippen LogP contribution in [0.1, 0.15) is 32.1 Å². The Hall–Kier alpha value is -1.32. The molecule has 0 bridgehead atoms. The number of carbonyl (C=O) groups excluding carboxylic acids is 1.